The molecule has 92 valence electrons. The number of pyridine rings is 1. The highest BCUT2D eigenvalue weighted by Crippen LogP contribution is 2.23. The maximum Gasteiger partial charge on any atom is 0.260 e. The minimum atomic E-state index is -0.603. The molecule has 0 spiro atoms. The van der Waals surface area contributed by atoms with Gasteiger partial charge >= 0.3 is 0 Å². The molecule has 0 unspecified atom stereocenters. The Kier molecular flexibility index (Phi) is 3.01. The Morgan fingerprint density at radius 2 is 2.06 bits per heavy atom. The second-order valence-electron chi connectivity index (χ2n) is 3.60. The zero-order valence-electron chi connectivity index (χ0n) is 9.29. The Morgan fingerprint density at radius 1 is 1.28 bits per heavy atom. The first kappa shape index (κ1) is 11.7. The average Bonchev–Trinajstić information content (AvgIpc) is 2.35. The lowest BCUT2D eigenvalue weighted by atomic mass is 10.1. The number of aromatic nitrogens is 1. The van der Waals surface area contributed by atoms with Gasteiger partial charge in [-0.3, -0.25) is 4.79 Å². The highest BCUT2D eigenvalue weighted by molar-refractivity contribution is 6.07. The number of benzene rings is 1. The molecule has 0 fully saturated rings. The monoisotopic (exact) mass is 245 g/mol. The SMILES string of the molecule is Nc1cccnc1NC(=O)c1cc(O)ccc1O. The van der Waals surface area contributed by atoms with Crippen molar-refractivity contribution in [1.29, 1.82) is 0 Å². The largest absolute Gasteiger partial charge is 0.508 e. The molecule has 0 saturated carbocycles. The zero-order chi connectivity index (χ0) is 13.1. The van der Waals surface area contributed by atoms with Gasteiger partial charge in [0.25, 0.3) is 5.91 Å². The van der Waals surface area contributed by atoms with Gasteiger partial charge in [-0.15, -0.1) is 0 Å². The Labute approximate surface area is 103 Å². The van der Waals surface area contributed by atoms with Crippen LogP contribution in [0.15, 0.2) is 36.5 Å². The molecule has 2 rings (SSSR count). The first-order valence-electron chi connectivity index (χ1n) is 5.12. The van der Waals surface area contributed by atoms with Gasteiger partial charge in [-0.1, -0.05) is 0 Å². The highest BCUT2D eigenvalue weighted by Gasteiger charge is 2.13. The van der Waals surface area contributed by atoms with Gasteiger partial charge in [0.15, 0.2) is 5.82 Å². The molecule has 0 aliphatic heterocycles. The third-order valence-corrected chi connectivity index (χ3v) is 2.30. The number of nitrogen functional groups attached to an aromatic ring is 1. The molecular formula is C12H11N3O3. The minimum absolute atomic E-state index is 0.0555. The second-order valence-corrected chi connectivity index (χ2v) is 3.60. The van der Waals surface area contributed by atoms with Crippen LogP contribution in [0.1, 0.15) is 10.4 Å². The Morgan fingerprint density at radius 3 is 2.78 bits per heavy atom. The number of phenolic OH excluding ortho intramolecular Hbond substituents is 2. The molecule has 0 radical (unpaired) electrons. The van der Waals surface area contributed by atoms with Crippen LogP contribution in [0.4, 0.5) is 11.5 Å². The number of carbonyl (C=O) groups excluding carboxylic acids is 1. The van der Waals surface area contributed by atoms with Crippen LogP contribution in [0, 0.1) is 0 Å². The van der Waals surface area contributed by atoms with E-state index in [9.17, 15) is 15.0 Å². The van der Waals surface area contributed by atoms with Crippen molar-refractivity contribution in [3.05, 3.63) is 42.1 Å². The number of hydrogen-bond donors (Lipinski definition) is 4. The van der Waals surface area contributed by atoms with E-state index in [0.29, 0.717) is 5.69 Å². The van der Waals surface area contributed by atoms with E-state index in [4.69, 9.17) is 5.73 Å². The fourth-order valence-electron chi connectivity index (χ4n) is 1.40. The van der Waals surface area contributed by atoms with E-state index < -0.39 is 5.91 Å². The smallest absolute Gasteiger partial charge is 0.260 e. The lowest BCUT2D eigenvalue weighted by Crippen LogP contribution is -2.14. The number of nitrogens with one attached hydrogen (secondary N) is 1. The van der Waals surface area contributed by atoms with Gasteiger partial charge < -0.3 is 21.3 Å². The molecule has 0 aliphatic rings. The lowest BCUT2D eigenvalue weighted by Gasteiger charge is -2.08. The molecule has 2 aromatic rings. The number of rotatable bonds is 2. The Bertz CT molecular complexity index is 599. The first-order chi connectivity index (χ1) is 8.58. The van der Waals surface area contributed by atoms with Crippen LogP contribution < -0.4 is 11.1 Å². The molecule has 18 heavy (non-hydrogen) atoms. The summed E-state index contributed by atoms with van der Waals surface area (Å²) in [6.07, 6.45) is 1.48. The predicted molar refractivity (Wildman–Crippen MR) is 66.4 cm³/mol. The van der Waals surface area contributed by atoms with Gasteiger partial charge in [0, 0.05) is 6.20 Å². The van der Waals surface area contributed by atoms with Crippen molar-refractivity contribution in [1.82, 2.24) is 4.98 Å². The Balaban J connectivity index is 2.28. The number of amides is 1. The van der Waals surface area contributed by atoms with E-state index in [1.165, 1.54) is 18.3 Å². The fourth-order valence-corrected chi connectivity index (χ4v) is 1.40. The van der Waals surface area contributed by atoms with E-state index in [1.54, 1.807) is 12.1 Å². The van der Waals surface area contributed by atoms with E-state index in [2.05, 4.69) is 10.3 Å². The van der Waals surface area contributed by atoms with Crippen LogP contribution in [-0.4, -0.2) is 21.1 Å². The van der Waals surface area contributed by atoms with Crippen molar-refractivity contribution < 1.29 is 15.0 Å². The first-order valence-corrected chi connectivity index (χ1v) is 5.12. The summed E-state index contributed by atoms with van der Waals surface area (Å²) in [5, 5.41) is 21.3. The number of aromatic hydroxyl groups is 2. The molecular weight excluding hydrogens is 234 g/mol. The third kappa shape index (κ3) is 2.32. The fraction of sp³-hybridized carbons (Fsp3) is 0. The molecule has 6 nitrogen and oxygen atoms in total. The van der Waals surface area contributed by atoms with Crippen LogP contribution in [0.3, 0.4) is 0 Å². The molecule has 1 amide bonds. The van der Waals surface area contributed by atoms with Gasteiger partial charge in [-0.2, -0.15) is 0 Å². The topological polar surface area (TPSA) is 108 Å². The number of nitrogens with two attached hydrogens (primary N) is 1. The van der Waals surface area contributed by atoms with Crippen LogP contribution in [0.2, 0.25) is 0 Å². The Hall–Kier alpha value is -2.76. The zero-order valence-corrected chi connectivity index (χ0v) is 9.29. The lowest BCUT2D eigenvalue weighted by molar-refractivity contribution is 0.102. The summed E-state index contributed by atoms with van der Waals surface area (Å²) in [5.74, 6) is -0.759. The van der Waals surface area contributed by atoms with E-state index in [0.717, 1.165) is 6.07 Å². The van der Waals surface area contributed by atoms with Crippen LogP contribution >= 0.6 is 0 Å². The average molecular weight is 245 g/mol. The van der Waals surface area contributed by atoms with Crippen LogP contribution in [-0.2, 0) is 0 Å². The quantitative estimate of drug-likeness (QED) is 0.597. The van der Waals surface area contributed by atoms with E-state index in [1.807, 2.05) is 0 Å². The molecule has 6 heteroatoms. The highest BCUT2D eigenvalue weighted by atomic mass is 16.3. The van der Waals surface area contributed by atoms with Crippen molar-refractivity contribution in [2.75, 3.05) is 11.1 Å². The van der Waals surface area contributed by atoms with E-state index >= 15 is 0 Å². The normalized spacial score (nSPS) is 10.0. The molecule has 5 N–H and O–H groups in total. The second kappa shape index (κ2) is 4.62. The van der Waals surface area contributed by atoms with Gasteiger partial charge in [-0.05, 0) is 30.3 Å². The van der Waals surface area contributed by atoms with Gasteiger partial charge in [-0.25, -0.2) is 4.98 Å². The maximum absolute atomic E-state index is 11.9. The maximum atomic E-state index is 11.9. The number of carbonyl (C=O) groups is 1. The van der Waals surface area contributed by atoms with Gasteiger partial charge in [0.05, 0.1) is 11.3 Å². The van der Waals surface area contributed by atoms with Crippen molar-refractivity contribution >= 4 is 17.4 Å². The van der Waals surface area contributed by atoms with Gasteiger partial charge in [0.1, 0.15) is 11.5 Å². The molecule has 1 heterocycles. The standard InChI is InChI=1S/C12H11N3O3/c13-9-2-1-5-14-11(9)15-12(18)8-6-7(16)3-4-10(8)17/h1-6,16-17H,13H2,(H,14,15,18). The number of nitrogens with zero attached hydrogens (tertiary/aromatic N) is 1. The minimum Gasteiger partial charge on any atom is -0.508 e. The van der Waals surface area contributed by atoms with Crippen molar-refractivity contribution in [2.24, 2.45) is 0 Å². The summed E-state index contributed by atoms with van der Waals surface area (Å²) < 4.78 is 0. The van der Waals surface area contributed by atoms with Gasteiger partial charge in [0.2, 0.25) is 0 Å². The molecule has 0 bridgehead atoms. The van der Waals surface area contributed by atoms with Crippen molar-refractivity contribution in [3.8, 4) is 11.5 Å². The summed E-state index contributed by atoms with van der Waals surface area (Å²) >= 11 is 0. The predicted octanol–water partition coefficient (Wildman–Crippen LogP) is 1.33. The van der Waals surface area contributed by atoms with Crippen LogP contribution in [0.25, 0.3) is 0 Å². The third-order valence-electron chi connectivity index (χ3n) is 2.30. The van der Waals surface area contributed by atoms with E-state index in [-0.39, 0.29) is 22.9 Å². The van der Waals surface area contributed by atoms with Crippen molar-refractivity contribution in [2.45, 2.75) is 0 Å². The molecule has 0 saturated heterocycles. The summed E-state index contributed by atoms with van der Waals surface area (Å²) in [7, 11) is 0. The summed E-state index contributed by atoms with van der Waals surface area (Å²) in [6, 6.07) is 6.89. The number of hydrogen-bond acceptors (Lipinski definition) is 5. The molecule has 0 aliphatic carbocycles. The number of phenols is 2. The van der Waals surface area contributed by atoms with Crippen molar-refractivity contribution in [3.63, 3.8) is 0 Å². The molecule has 1 aromatic heterocycles. The number of anilines is 2. The summed E-state index contributed by atoms with van der Waals surface area (Å²) in [5.41, 5.74) is 5.88. The summed E-state index contributed by atoms with van der Waals surface area (Å²) in [6.45, 7) is 0. The molecule has 0 atom stereocenters. The summed E-state index contributed by atoms with van der Waals surface area (Å²) in [4.78, 5) is 15.8. The van der Waals surface area contributed by atoms with Crippen LogP contribution in [0.5, 0.6) is 11.5 Å². The molecule has 1 aromatic carbocycles.